The first-order chi connectivity index (χ1) is 14.2. The maximum Gasteiger partial charge on any atom is 0.336 e. The van der Waals surface area contributed by atoms with Crippen LogP contribution in [-0.2, 0) is 11.8 Å². The second kappa shape index (κ2) is 7.02. The lowest BCUT2D eigenvalue weighted by atomic mass is 9.94. The van der Waals surface area contributed by atoms with Gasteiger partial charge >= 0.3 is 5.63 Å². The highest BCUT2D eigenvalue weighted by Gasteiger charge is 2.36. The average molecular weight is 407 g/mol. The van der Waals surface area contributed by atoms with E-state index >= 15 is 0 Å². The normalized spacial score (nSPS) is 14.5. The van der Waals surface area contributed by atoms with Crippen LogP contribution in [0.15, 0.2) is 45.3 Å². The maximum absolute atomic E-state index is 12.9. The van der Waals surface area contributed by atoms with Crippen molar-refractivity contribution in [3.8, 4) is 5.75 Å². The number of ether oxygens (including phenoxy) is 2. The van der Waals surface area contributed by atoms with E-state index in [2.05, 4.69) is 0 Å². The first kappa shape index (κ1) is 19.7. The standard InChI is InChI=1S/C23H21NO6/c1-11-8-19(26)30-17-9-14(6-7-15(11)17)29-13(3)20-12(2)24(4)22-16(25)10-18(28-5)23(27)21(20)22/h6-10,13H,1-5H3. The minimum absolute atomic E-state index is 0.00880. The number of Topliss-reactive ketones (excluding diaryl/α,β-unsaturated/α-hetero) is 1. The number of aryl methyl sites for hydroxylation is 1. The molecule has 0 radical (unpaired) electrons. The van der Waals surface area contributed by atoms with Gasteiger partial charge in [0.1, 0.15) is 23.1 Å². The molecule has 0 spiro atoms. The van der Waals surface area contributed by atoms with Gasteiger partial charge in [-0.25, -0.2) is 4.79 Å². The van der Waals surface area contributed by atoms with Crippen molar-refractivity contribution < 1.29 is 23.5 Å². The number of aromatic nitrogens is 1. The van der Waals surface area contributed by atoms with E-state index in [1.807, 2.05) is 26.8 Å². The van der Waals surface area contributed by atoms with Gasteiger partial charge in [-0.3, -0.25) is 9.59 Å². The number of ketones is 2. The molecule has 30 heavy (non-hydrogen) atoms. The second-order valence-corrected chi connectivity index (χ2v) is 7.35. The SMILES string of the molecule is COC1=CC(=O)c2c(c(C(C)Oc3ccc4c(C)cc(=O)oc4c3)c(C)n2C)C1=O. The minimum Gasteiger partial charge on any atom is -0.492 e. The van der Waals surface area contributed by atoms with Crippen LogP contribution in [0.3, 0.4) is 0 Å². The van der Waals surface area contributed by atoms with Gasteiger partial charge in [-0.2, -0.15) is 0 Å². The van der Waals surface area contributed by atoms with Gasteiger partial charge < -0.3 is 18.5 Å². The molecule has 1 aliphatic carbocycles. The third-order valence-corrected chi connectivity index (χ3v) is 5.54. The quantitative estimate of drug-likeness (QED) is 0.612. The molecule has 0 fully saturated rings. The molecule has 7 heteroatoms. The zero-order chi connectivity index (χ0) is 21.7. The Morgan fingerprint density at radius 2 is 1.83 bits per heavy atom. The Morgan fingerprint density at radius 1 is 1.10 bits per heavy atom. The number of carbonyl (C=O) groups is 2. The van der Waals surface area contributed by atoms with Crippen molar-refractivity contribution in [2.75, 3.05) is 7.11 Å². The molecule has 7 nitrogen and oxygen atoms in total. The number of nitrogens with zero attached hydrogens (tertiary/aromatic N) is 1. The molecule has 1 aliphatic rings. The molecule has 0 amide bonds. The van der Waals surface area contributed by atoms with Crippen molar-refractivity contribution in [2.24, 2.45) is 7.05 Å². The summed E-state index contributed by atoms with van der Waals surface area (Å²) in [5.74, 6) is -0.137. The maximum atomic E-state index is 12.9. The Hall–Kier alpha value is -3.61. The number of methoxy groups -OCH3 is 1. The Kier molecular flexibility index (Phi) is 4.61. The van der Waals surface area contributed by atoms with Crippen LogP contribution in [-0.4, -0.2) is 23.2 Å². The van der Waals surface area contributed by atoms with Crippen LogP contribution in [0.2, 0.25) is 0 Å². The van der Waals surface area contributed by atoms with Gasteiger partial charge in [0.15, 0.2) is 5.76 Å². The summed E-state index contributed by atoms with van der Waals surface area (Å²) in [6.07, 6.45) is 0.675. The summed E-state index contributed by atoms with van der Waals surface area (Å²) in [5.41, 5.74) is 2.81. The van der Waals surface area contributed by atoms with Crippen molar-refractivity contribution in [3.05, 3.63) is 74.6 Å². The molecule has 1 unspecified atom stereocenters. The molecule has 4 rings (SSSR count). The third-order valence-electron chi connectivity index (χ3n) is 5.54. The van der Waals surface area contributed by atoms with E-state index in [1.54, 1.807) is 23.7 Å². The predicted octanol–water partition coefficient (Wildman–Crippen LogP) is 3.80. The highest BCUT2D eigenvalue weighted by molar-refractivity contribution is 6.24. The van der Waals surface area contributed by atoms with Crippen molar-refractivity contribution in [3.63, 3.8) is 0 Å². The van der Waals surface area contributed by atoms with E-state index in [0.717, 1.165) is 16.6 Å². The summed E-state index contributed by atoms with van der Waals surface area (Å²) in [5, 5.41) is 0.818. The molecule has 0 saturated heterocycles. The second-order valence-electron chi connectivity index (χ2n) is 7.35. The number of fused-ring (bicyclic) bond motifs is 2. The molecule has 0 bridgehead atoms. The van der Waals surface area contributed by atoms with E-state index in [0.29, 0.717) is 28.2 Å². The number of hydrogen-bond acceptors (Lipinski definition) is 6. The van der Waals surface area contributed by atoms with E-state index in [4.69, 9.17) is 13.9 Å². The van der Waals surface area contributed by atoms with Crippen molar-refractivity contribution >= 4 is 22.5 Å². The molecular weight excluding hydrogens is 386 g/mol. The fourth-order valence-corrected chi connectivity index (χ4v) is 4.01. The van der Waals surface area contributed by atoms with Crippen molar-refractivity contribution in [2.45, 2.75) is 26.9 Å². The van der Waals surface area contributed by atoms with Gasteiger partial charge in [0.25, 0.3) is 0 Å². The first-order valence-electron chi connectivity index (χ1n) is 9.48. The van der Waals surface area contributed by atoms with Crippen LogP contribution in [0, 0.1) is 13.8 Å². The molecule has 0 saturated carbocycles. The van der Waals surface area contributed by atoms with E-state index in [1.165, 1.54) is 19.3 Å². The monoisotopic (exact) mass is 407 g/mol. The van der Waals surface area contributed by atoms with Gasteiger partial charge in [-0.05, 0) is 38.5 Å². The molecule has 2 heterocycles. The summed E-state index contributed by atoms with van der Waals surface area (Å²) in [4.78, 5) is 37.2. The predicted molar refractivity (Wildman–Crippen MR) is 110 cm³/mol. The number of benzene rings is 1. The molecular formula is C23H21NO6. The Morgan fingerprint density at radius 3 is 2.53 bits per heavy atom. The van der Waals surface area contributed by atoms with Crippen LogP contribution in [0.1, 0.15) is 50.7 Å². The number of hydrogen-bond donors (Lipinski definition) is 0. The van der Waals surface area contributed by atoms with Crippen molar-refractivity contribution in [1.82, 2.24) is 4.57 Å². The van der Waals surface area contributed by atoms with Gasteiger partial charge in [0, 0.05) is 41.9 Å². The summed E-state index contributed by atoms with van der Waals surface area (Å²) >= 11 is 0. The summed E-state index contributed by atoms with van der Waals surface area (Å²) in [6.45, 7) is 5.48. The number of carbonyl (C=O) groups excluding carboxylic acids is 2. The summed E-state index contributed by atoms with van der Waals surface area (Å²) in [7, 11) is 3.11. The lowest BCUT2D eigenvalue weighted by molar-refractivity contribution is 0.0910. The van der Waals surface area contributed by atoms with E-state index < -0.39 is 11.7 Å². The fourth-order valence-electron chi connectivity index (χ4n) is 4.01. The van der Waals surface area contributed by atoms with Gasteiger partial charge in [0.05, 0.1) is 12.7 Å². The lowest BCUT2D eigenvalue weighted by Crippen LogP contribution is -2.20. The van der Waals surface area contributed by atoms with Crippen LogP contribution in [0.4, 0.5) is 0 Å². The first-order valence-corrected chi connectivity index (χ1v) is 9.48. The molecule has 0 aliphatic heterocycles. The van der Waals surface area contributed by atoms with Crippen LogP contribution in [0.25, 0.3) is 11.0 Å². The fraction of sp³-hybridized carbons (Fsp3) is 0.261. The average Bonchev–Trinajstić information content (AvgIpc) is 2.96. The number of rotatable bonds is 4. The van der Waals surface area contributed by atoms with Crippen LogP contribution >= 0.6 is 0 Å². The minimum atomic E-state index is -0.540. The zero-order valence-corrected chi connectivity index (χ0v) is 17.4. The summed E-state index contributed by atoms with van der Waals surface area (Å²) in [6, 6.07) is 6.69. The Labute approximate surface area is 172 Å². The molecule has 1 atom stereocenters. The largest absolute Gasteiger partial charge is 0.492 e. The van der Waals surface area contributed by atoms with Gasteiger partial charge in [0.2, 0.25) is 11.6 Å². The molecule has 0 N–H and O–H groups in total. The molecule has 2 aromatic heterocycles. The lowest BCUT2D eigenvalue weighted by Gasteiger charge is -2.18. The zero-order valence-electron chi connectivity index (χ0n) is 17.4. The van der Waals surface area contributed by atoms with Gasteiger partial charge in [-0.15, -0.1) is 0 Å². The Bertz CT molecular complexity index is 1310. The number of allylic oxidation sites excluding steroid dienone is 2. The summed E-state index contributed by atoms with van der Waals surface area (Å²) < 4.78 is 18.2. The smallest absolute Gasteiger partial charge is 0.336 e. The Balaban J connectivity index is 1.77. The highest BCUT2D eigenvalue weighted by atomic mass is 16.5. The molecule has 3 aromatic rings. The van der Waals surface area contributed by atoms with Gasteiger partial charge in [-0.1, -0.05) is 0 Å². The molecule has 1 aromatic carbocycles. The van der Waals surface area contributed by atoms with E-state index in [9.17, 15) is 14.4 Å². The van der Waals surface area contributed by atoms with E-state index in [-0.39, 0.29) is 17.3 Å². The van der Waals surface area contributed by atoms with Crippen molar-refractivity contribution in [1.29, 1.82) is 0 Å². The highest BCUT2D eigenvalue weighted by Crippen LogP contribution is 2.35. The third kappa shape index (κ3) is 2.94. The van der Waals surface area contributed by atoms with Crippen LogP contribution < -0.4 is 10.4 Å². The molecule has 154 valence electrons. The topological polar surface area (TPSA) is 87.7 Å². The van der Waals surface area contributed by atoms with Crippen LogP contribution in [0.5, 0.6) is 5.75 Å².